The summed E-state index contributed by atoms with van der Waals surface area (Å²) in [6.45, 7) is 2.85. The van der Waals surface area contributed by atoms with Crippen LogP contribution in [0, 0.1) is 11.8 Å². The van der Waals surface area contributed by atoms with Gasteiger partial charge in [0.1, 0.15) is 0 Å². The third-order valence-electron chi connectivity index (χ3n) is 4.47. The lowest BCUT2D eigenvalue weighted by Gasteiger charge is -2.39. The number of carbonyl (C=O) groups excluding carboxylic acids is 2. The number of aliphatic carboxylic acids is 1. The molecule has 1 heterocycles. The second kappa shape index (κ2) is 5.72. The summed E-state index contributed by atoms with van der Waals surface area (Å²) in [6, 6.07) is 0.260. The molecule has 4 heteroatoms. The van der Waals surface area contributed by atoms with Crippen molar-refractivity contribution in [3.05, 3.63) is 0 Å². The van der Waals surface area contributed by atoms with Gasteiger partial charge in [-0.1, -0.05) is 12.8 Å². The molecule has 1 saturated carbocycles. The Kier molecular flexibility index (Phi) is 4.25. The van der Waals surface area contributed by atoms with E-state index in [0.717, 1.165) is 32.2 Å². The second-order valence-electron chi connectivity index (χ2n) is 5.69. The number of hydrogen-bond donors (Lipinski definition) is 0. The van der Waals surface area contributed by atoms with Crippen LogP contribution in [0.5, 0.6) is 0 Å². The zero-order valence-corrected chi connectivity index (χ0v) is 11.1. The standard InChI is InChI=1S/C14H23NO3/c1-10-6-4-5-9-15(10)13(16)11-7-2-3-8-12(11)14(17)18/h10-12H,2-9H2,1H3,(H,17,18)/p-1. The molecule has 1 aliphatic heterocycles. The molecule has 3 unspecified atom stereocenters. The van der Waals surface area contributed by atoms with Crippen LogP contribution < -0.4 is 5.11 Å². The highest BCUT2D eigenvalue weighted by molar-refractivity contribution is 5.84. The molecule has 1 aliphatic carbocycles. The Morgan fingerprint density at radius 1 is 1.00 bits per heavy atom. The molecule has 1 saturated heterocycles. The maximum Gasteiger partial charge on any atom is 0.226 e. The topological polar surface area (TPSA) is 60.4 Å². The number of likely N-dealkylation sites (tertiary alicyclic amines) is 1. The summed E-state index contributed by atoms with van der Waals surface area (Å²) in [6.07, 6.45) is 6.41. The van der Waals surface area contributed by atoms with E-state index in [4.69, 9.17) is 0 Å². The zero-order chi connectivity index (χ0) is 13.1. The van der Waals surface area contributed by atoms with Crippen molar-refractivity contribution >= 4 is 11.9 Å². The van der Waals surface area contributed by atoms with Gasteiger partial charge in [-0.2, -0.15) is 0 Å². The van der Waals surface area contributed by atoms with Gasteiger partial charge in [0.2, 0.25) is 5.91 Å². The van der Waals surface area contributed by atoms with Gasteiger partial charge in [-0.25, -0.2) is 0 Å². The Bertz CT molecular complexity index is 329. The van der Waals surface area contributed by atoms with Crippen molar-refractivity contribution in [2.24, 2.45) is 11.8 Å². The molecule has 2 fully saturated rings. The Labute approximate surface area is 108 Å². The monoisotopic (exact) mass is 252 g/mol. The van der Waals surface area contributed by atoms with Crippen LogP contribution in [0.25, 0.3) is 0 Å². The van der Waals surface area contributed by atoms with Gasteiger partial charge in [0.05, 0.1) is 0 Å². The predicted octanol–water partition coefficient (Wildman–Crippen LogP) is 0.944. The fourth-order valence-corrected chi connectivity index (χ4v) is 3.35. The van der Waals surface area contributed by atoms with Crippen molar-refractivity contribution < 1.29 is 14.7 Å². The molecule has 3 atom stereocenters. The number of hydrogen-bond acceptors (Lipinski definition) is 3. The Morgan fingerprint density at radius 2 is 1.61 bits per heavy atom. The molecule has 0 aromatic carbocycles. The largest absolute Gasteiger partial charge is 0.550 e. The van der Waals surface area contributed by atoms with E-state index >= 15 is 0 Å². The molecule has 0 radical (unpaired) electrons. The van der Waals surface area contributed by atoms with Gasteiger partial charge < -0.3 is 14.8 Å². The first-order valence-corrected chi connectivity index (χ1v) is 7.12. The van der Waals surface area contributed by atoms with E-state index in [1.807, 2.05) is 4.90 Å². The number of carbonyl (C=O) groups is 2. The predicted molar refractivity (Wildman–Crippen MR) is 65.5 cm³/mol. The normalized spacial score (nSPS) is 33.2. The molecule has 4 nitrogen and oxygen atoms in total. The zero-order valence-electron chi connectivity index (χ0n) is 11.1. The molecular formula is C14H22NO3-. The molecule has 0 aromatic rings. The minimum absolute atomic E-state index is 0.0519. The fraction of sp³-hybridized carbons (Fsp3) is 0.857. The van der Waals surface area contributed by atoms with Gasteiger partial charge in [-0.05, 0) is 39.0 Å². The smallest absolute Gasteiger partial charge is 0.226 e. The van der Waals surface area contributed by atoms with Crippen molar-refractivity contribution in [1.82, 2.24) is 4.90 Å². The van der Waals surface area contributed by atoms with Crippen molar-refractivity contribution in [3.63, 3.8) is 0 Å². The lowest BCUT2D eigenvalue weighted by atomic mass is 9.78. The summed E-state index contributed by atoms with van der Waals surface area (Å²) in [4.78, 5) is 25.6. The third-order valence-corrected chi connectivity index (χ3v) is 4.47. The molecule has 18 heavy (non-hydrogen) atoms. The van der Waals surface area contributed by atoms with Gasteiger partial charge >= 0.3 is 0 Å². The first kappa shape index (κ1) is 13.4. The van der Waals surface area contributed by atoms with Crippen LogP contribution in [0.2, 0.25) is 0 Å². The molecule has 0 spiro atoms. The SMILES string of the molecule is CC1CCCCN1C(=O)C1CCCCC1C(=O)[O-]. The van der Waals surface area contributed by atoms with Crippen molar-refractivity contribution in [1.29, 1.82) is 0 Å². The lowest BCUT2D eigenvalue weighted by Crippen LogP contribution is -2.50. The summed E-state index contributed by atoms with van der Waals surface area (Å²) >= 11 is 0. The molecule has 0 aromatic heterocycles. The Hall–Kier alpha value is -1.06. The van der Waals surface area contributed by atoms with Crippen LogP contribution in [0.1, 0.15) is 51.9 Å². The second-order valence-corrected chi connectivity index (χ2v) is 5.69. The summed E-state index contributed by atoms with van der Waals surface area (Å²) in [5, 5.41) is 11.2. The van der Waals surface area contributed by atoms with Gasteiger partial charge in [0.15, 0.2) is 0 Å². The molecule has 1 amide bonds. The third kappa shape index (κ3) is 2.68. The van der Waals surface area contributed by atoms with Crippen molar-refractivity contribution in [2.75, 3.05) is 6.54 Å². The van der Waals surface area contributed by atoms with Crippen LogP contribution in [0.4, 0.5) is 0 Å². The van der Waals surface area contributed by atoms with Crippen molar-refractivity contribution in [2.45, 2.75) is 57.9 Å². The van der Waals surface area contributed by atoms with Crippen LogP contribution in [-0.4, -0.2) is 29.4 Å². The molecule has 0 N–H and O–H groups in total. The Balaban J connectivity index is 2.07. The maximum absolute atomic E-state index is 12.5. The van der Waals surface area contributed by atoms with Crippen LogP contribution in [-0.2, 0) is 9.59 Å². The Morgan fingerprint density at radius 3 is 2.22 bits per heavy atom. The molecule has 102 valence electrons. The fourth-order valence-electron chi connectivity index (χ4n) is 3.35. The highest BCUT2D eigenvalue weighted by atomic mass is 16.4. The highest BCUT2D eigenvalue weighted by Gasteiger charge is 2.36. The van der Waals surface area contributed by atoms with Gasteiger partial charge in [-0.3, -0.25) is 4.79 Å². The highest BCUT2D eigenvalue weighted by Crippen LogP contribution is 2.32. The van der Waals surface area contributed by atoms with E-state index in [2.05, 4.69) is 6.92 Å². The van der Waals surface area contributed by atoms with Gasteiger partial charge in [0, 0.05) is 30.4 Å². The summed E-state index contributed by atoms with van der Waals surface area (Å²) in [5.74, 6) is -1.90. The maximum atomic E-state index is 12.5. The molecule has 2 aliphatic rings. The van der Waals surface area contributed by atoms with E-state index in [9.17, 15) is 14.7 Å². The van der Waals surface area contributed by atoms with Gasteiger partial charge in [-0.15, -0.1) is 0 Å². The number of piperidine rings is 1. The van der Waals surface area contributed by atoms with Crippen LogP contribution in [0.3, 0.4) is 0 Å². The van der Waals surface area contributed by atoms with Gasteiger partial charge in [0.25, 0.3) is 0 Å². The average Bonchev–Trinajstić information content (AvgIpc) is 2.38. The van der Waals surface area contributed by atoms with E-state index in [1.165, 1.54) is 6.42 Å². The molecule has 2 rings (SSSR count). The number of amides is 1. The van der Waals surface area contributed by atoms with Crippen LogP contribution >= 0.6 is 0 Å². The number of carboxylic acid groups (broad SMARTS) is 1. The summed E-state index contributed by atoms with van der Waals surface area (Å²) in [5.41, 5.74) is 0. The first-order valence-electron chi connectivity index (χ1n) is 7.12. The van der Waals surface area contributed by atoms with Crippen molar-refractivity contribution in [3.8, 4) is 0 Å². The first-order chi connectivity index (χ1) is 8.61. The molecular weight excluding hydrogens is 230 g/mol. The quantitative estimate of drug-likeness (QED) is 0.735. The number of carboxylic acids is 1. The van der Waals surface area contributed by atoms with E-state index in [1.54, 1.807) is 0 Å². The van der Waals surface area contributed by atoms with Crippen LogP contribution in [0.15, 0.2) is 0 Å². The molecule has 0 bridgehead atoms. The van der Waals surface area contributed by atoms with E-state index in [-0.39, 0.29) is 17.9 Å². The van der Waals surface area contributed by atoms with E-state index in [0.29, 0.717) is 12.8 Å². The summed E-state index contributed by atoms with van der Waals surface area (Å²) < 4.78 is 0. The summed E-state index contributed by atoms with van der Waals surface area (Å²) in [7, 11) is 0. The average molecular weight is 252 g/mol. The van der Waals surface area contributed by atoms with E-state index < -0.39 is 11.9 Å². The number of rotatable bonds is 2. The number of nitrogens with zero attached hydrogens (tertiary/aromatic N) is 1. The minimum atomic E-state index is -1.04. The minimum Gasteiger partial charge on any atom is -0.550 e. The lowest BCUT2D eigenvalue weighted by molar-refractivity contribution is -0.314.